The molecule has 0 spiro atoms. The maximum atomic E-state index is 11.4. The van der Waals surface area contributed by atoms with Gasteiger partial charge in [-0.25, -0.2) is 4.79 Å². The summed E-state index contributed by atoms with van der Waals surface area (Å²) >= 11 is 0. The van der Waals surface area contributed by atoms with Gasteiger partial charge in [0.1, 0.15) is 5.75 Å². The van der Waals surface area contributed by atoms with Crippen molar-refractivity contribution in [2.24, 2.45) is 0 Å². The molecular weight excluding hydrogens is 538 g/mol. The fourth-order valence-corrected chi connectivity index (χ4v) is 5.79. The lowest BCUT2D eigenvalue weighted by molar-refractivity contribution is -0.128. The number of anilines is 3. The van der Waals surface area contributed by atoms with E-state index in [1.54, 1.807) is 12.1 Å². The predicted molar refractivity (Wildman–Crippen MR) is 185 cm³/mol. The van der Waals surface area contributed by atoms with Gasteiger partial charge in [-0.15, -0.1) is 0 Å². The fourth-order valence-electron chi connectivity index (χ4n) is 5.79. The van der Waals surface area contributed by atoms with Crippen LogP contribution in [0.5, 0.6) is 5.75 Å². The summed E-state index contributed by atoms with van der Waals surface area (Å²) in [5.41, 5.74) is 5.47. The number of carbonyl (C=O) groups is 1. The first-order valence-electron chi connectivity index (χ1n) is 14.6. The summed E-state index contributed by atoms with van der Waals surface area (Å²) in [5, 5.41) is 7.63. The molecule has 0 saturated heterocycles. The van der Waals surface area contributed by atoms with Crippen LogP contribution in [0.2, 0.25) is 0 Å². The van der Waals surface area contributed by atoms with Gasteiger partial charge >= 0.3 is 5.97 Å². The van der Waals surface area contributed by atoms with Crippen molar-refractivity contribution in [1.82, 2.24) is 0 Å². The van der Waals surface area contributed by atoms with E-state index in [1.165, 1.54) is 32.3 Å². The molecule has 3 heteroatoms. The van der Waals surface area contributed by atoms with Gasteiger partial charge in [0.2, 0.25) is 0 Å². The molecule has 0 aliphatic heterocycles. The molecule has 0 N–H and O–H groups in total. The second-order valence-electron chi connectivity index (χ2n) is 10.6. The molecule has 210 valence electrons. The van der Waals surface area contributed by atoms with Crippen LogP contribution >= 0.6 is 0 Å². The first-order chi connectivity index (χ1) is 21.7. The van der Waals surface area contributed by atoms with Crippen molar-refractivity contribution in [3.63, 3.8) is 0 Å². The van der Waals surface area contributed by atoms with Crippen molar-refractivity contribution in [3.05, 3.63) is 169 Å². The van der Waals surface area contributed by atoms with E-state index in [0.717, 1.165) is 34.3 Å². The zero-order chi connectivity index (χ0) is 29.9. The zero-order valence-corrected chi connectivity index (χ0v) is 24.1. The summed E-state index contributed by atoms with van der Waals surface area (Å²) in [7, 11) is 0. The third kappa shape index (κ3) is 5.23. The van der Waals surface area contributed by atoms with Crippen LogP contribution in [-0.4, -0.2) is 5.97 Å². The monoisotopic (exact) mass is 567 g/mol. The molecule has 0 heterocycles. The minimum atomic E-state index is -0.468. The van der Waals surface area contributed by atoms with E-state index in [4.69, 9.17) is 4.74 Å². The molecular formula is C41H29NO2. The summed E-state index contributed by atoms with van der Waals surface area (Å²) in [6, 6.07) is 46.5. The molecule has 3 nitrogen and oxygen atoms in total. The molecule has 0 bridgehead atoms. The Bertz CT molecular complexity index is 2140. The third-order valence-electron chi connectivity index (χ3n) is 7.87. The summed E-state index contributed by atoms with van der Waals surface area (Å²) in [6.45, 7) is 3.42. The quantitative estimate of drug-likeness (QED) is 0.0601. The average molecular weight is 568 g/mol. The number of nitrogens with zero attached hydrogens (tertiary/aromatic N) is 1. The van der Waals surface area contributed by atoms with Crippen molar-refractivity contribution in [1.29, 1.82) is 0 Å². The van der Waals surface area contributed by atoms with Gasteiger partial charge in [0.25, 0.3) is 0 Å². The summed E-state index contributed by atoms with van der Waals surface area (Å²) in [5.74, 6) is 0.0272. The van der Waals surface area contributed by atoms with E-state index in [2.05, 4.69) is 127 Å². The van der Waals surface area contributed by atoms with E-state index >= 15 is 0 Å². The number of hydrogen-bond acceptors (Lipinski definition) is 3. The van der Waals surface area contributed by atoms with Crippen LogP contribution in [-0.2, 0) is 4.79 Å². The van der Waals surface area contributed by atoms with Crippen molar-refractivity contribution >= 4 is 67.5 Å². The number of benzene rings is 7. The highest BCUT2D eigenvalue weighted by molar-refractivity contribution is 6.25. The number of rotatable bonds is 8. The van der Waals surface area contributed by atoms with Crippen molar-refractivity contribution in [2.75, 3.05) is 4.90 Å². The van der Waals surface area contributed by atoms with E-state index in [-0.39, 0.29) is 0 Å². The maximum Gasteiger partial charge on any atom is 0.335 e. The number of ether oxygens (including phenoxy) is 1. The van der Waals surface area contributed by atoms with E-state index in [1.807, 2.05) is 30.4 Å². The lowest BCUT2D eigenvalue weighted by atomic mass is 9.93. The Morgan fingerprint density at radius 3 is 1.80 bits per heavy atom. The molecule has 0 aliphatic rings. The number of esters is 1. The maximum absolute atomic E-state index is 11.4. The number of para-hydroxylation sites is 1. The number of hydrogen-bond donors (Lipinski definition) is 0. The number of carbonyl (C=O) groups excluding carboxylic acids is 1. The SMILES string of the molecule is C=CC(=O)Oc1ccc(C=CC=Cc2ccc(N(c3ccccc3)c3ccc4ccc5cccc6ccc3c4c56)cc2)cc1. The Kier molecular flexibility index (Phi) is 7.19. The fraction of sp³-hybridized carbons (Fsp3) is 0. The van der Waals surface area contributed by atoms with Crippen LogP contribution in [0.15, 0.2) is 158 Å². The minimum Gasteiger partial charge on any atom is -0.423 e. The smallest absolute Gasteiger partial charge is 0.335 e. The Balaban J connectivity index is 1.19. The molecule has 0 radical (unpaired) electrons. The minimum absolute atomic E-state index is 0.468. The van der Waals surface area contributed by atoms with Gasteiger partial charge in [0.05, 0.1) is 5.69 Å². The van der Waals surface area contributed by atoms with Crippen molar-refractivity contribution in [2.45, 2.75) is 0 Å². The molecule has 0 aliphatic carbocycles. The number of allylic oxidation sites excluding steroid dienone is 2. The van der Waals surface area contributed by atoms with Gasteiger partial charge in [0, 0.05) is 22.8 Å². The van der Waals surface area contributed by atoms with Crippen LogP contribution < -0.4 is 9.64 Å². The highest BCUT2D eigenvalue weighted by atomic mass is 16.5. The molecule has 7 aromatic carbocycles. The van der Waals surface area contributed by atoms with Gasteiger partial charge < -0.3 is 9.64 Å². The first kappa shape index (κ1) is 26.9. The van der Waals surface area contributed by atoms with Crippen LogP contribution in [0, 0.1) is 0 Å². The Labute approximate surface area is 256 Å². The van der Waals surface area contributed by atoms with E-state index in [0.29, 0.717) is 5.75 Å². The van der Waals surface area contributed by atoms with Gasteiger partial charge in [-0.3, -0.25) is 0 Å². The third-order valence-corrected chi connectivity index (χ3v) is 7.87. The van der Waals surface area contributed by atoms with Crippen molar-refractivity contribution in [3.8, 4) is 5.75 Å². The topological polar surface area (TPSA) is 29.5 Å². The Hall–Kier alpha value is -5.93. The van der Waals surface area contributed by atoms with Crippen molar-refractivity contribution < 1.29 is 9.53 Å². The summed E-state index contributed by atoms with van der Waals surface area (Å²) < 4.78 is 5.13. The highest BCUT2D eigenvalue weighted by Gasteiger charge is 2.18. The molecule has 0 aromatic heterocycles. The lowest BCUT2D eigenvalue weighted by Gasteiger charge is -2.27. The van der Waals surface area contributed by atoms with Gasteiger partial charge in [-0.2, -0.15) is 0 Å². The molecule has 7 aromatic rings. The molecule has 44 heavy (non-hydrogen) atoms. The summed E-state index contributed by atoms with van der Waals surface area (Å²) in [4.78, 5) is 13.7. The standard InChI is InChI=1S/C41H29NO2/c1-2-39(43)44-36-25-17-30(18-26-36)10-7-6-9-29-15-23-35(24-16-29)42(34-13-4-3-5-14-34)38-28-22-33-20-19-31-11-8-12-32-21-27-37(38)41(33)40(31)32/h2-28H,1H2. The highest BCUT2D eigenvalue weighted by Crippen LogP contribution is 2.43. The van der Waals surface area contributed by atoms with Crippen LogP contribution in [0.4, 0.5) is 17.1 Å². The second kappa shape index (κ2) is 11.7. The van der Waals surface area contributed by atoms with E-state index in [9.17, 15) is 4.79 Å². The molecule has 0 amide bonds. The molecule has 0 unspecified atom stereocenters. The largest absolute Gasteiger partial charge is 0.423 e. The normalized spacial score (nSPS) is 11.6. The van der Waals surface area contributed by atoms with Gasteiger partial charge in [-0.1, -0.05) is 122 Å². The van der Waals surface area contributed by atoms with E-state index < -0.39 is 5.97 Å². The van der Waals surface area contributed by atoms with Gasteiger partial charge in [0.15, 0.2) is 0 Å². The zero-order valence-electron chi connectivity index (χ0n) is 24.1. The lowest BCUT2D eigenvalue weighted by Crippen LogP contribution is -2.10. The Morgan fingerprint density at radius 2 is 1.14 bits per heavy atom. The van der Waals surface area contributed by atoms with Crippen LogP contribution in [0.1, 0.15) is 11.1 Å². The van der Waals surface area contributed by atoms with Gasteiger partial charge in [-0.05, 0) is 80.5 Å². The second-order valence-corrected chi connectivity index (χ2v) is 10.6. The van der Waals surface area contributed by atoms with Crippen LogP contribution in [0.25, 0.3) is 44.5 Å². The molecule has 0 saturated carbocycles. The molecule has 0 atom stereocenters. The first-order valence-corrected chi connectivity index (χ1v) is 14.6. The molecule has 7 rings (SSSR count). The predicted octanol–water partition coefficient (Wildman–Crippen LogP) is 10.9. The van der Waals surface area contributed by atoms with Crippen LogP contribution in [0.3, 0.4) is 0 Å². The Morgan fingerprint density at radius 1 is 0.568 bits per heavy atom. The summed E-state index contributed by atoms with van der Waals surface area (Å²) in [6.07, 6.45) is 9.27. The molecule has 0 fully saturated rings. The average Bonchev–Trinajstić information content (AvgIpc) is 3.08.